The van der Waals surface area contributed by atoms with Crippen LogP contribution in [0.25, 0.3) is 0 Å². The van der Waals surface area contributed by atoms with E-state index in [1.807, 2.05) is 24.9 Å². The van der Waals surface area contributed by atoms with Gasteiger partial charge in [0.2, 0.25) is 0 Å². The summed E-state index contributed by atoms with van der Waals surface area (Å²) in [5, 5.41) is 14.1. The molecule has 2 atom stereocenters. The Labute approximate surface area is 123 Å². The van der Waals surface area contributed by atoms with Crippen molar-refractivity contribution in [2.75, 3.05) is 19.3 Å². The molecule has 1 heterocycles. The van der Waals surface area contributed by atoms with E-state index in [0.29, 0.717) is 24.3 Å². The fraction of sp³-hybridized carbons (Fsp3) is 0.400. The van der Waals surface area contributed by atoms with Gasteiger partial charge < -0.3 is 10.8 Å². The SMILES string of the molecule is CC(c1ccccc1F)N(C)CC(O)Cn1cc(N)cn1. The number of nitrogen functional groups attached to an aromatic ring is 1. The summed E-state index contributed by atoms with van der Waals surface area (Å²) in [5.74, 6) is -0.230. The molecule has 0 aliphatic carbocycles. The van der Waals surface area contributed by atoms with Gasteiger partial charge >= 0.3 is 0 Å². The second-order valence-corrected chi connectivity index (χ2v) is 5.29. The molecule has 0 saturated heterocycles. The van der Waals surface area contributed by atoms with Crippen LogP contribution in [0.5, 0.6) is 0 Å². The molecule has 0 amide bonds. The van der Waals surface area contributed by atoms with Gasteiger partial charge in [-0.3, -0.25) is 9.58 Å². The molecule has 0 fully saturated rings. The maximum Gasteiger partial charge on any atom is 0.127 e. The molecule has 1 aromatic heterocycles. The van der Waals surface area contributed by atoms with Gasteiger partial charge in [0.1, 0.15) is 5.82 Å². The molecule has 0 radical (unpaired) electrons. The van der Waals surface area contributed by atoms with Crippen molar-refractivity contribution in [2.45, 2.75) is 25.6 Å². The van der Waals surface area contributed by atoms with E-state index >= 15 is 0 Å². The molecule has 2 unspecified atom stereocenters. The Morgan fingerprint density at radius 2 is 2.14 bits per heavy atom. The highest BCUT2D eigenvalue weighted by molar-refractivity contribution is 5.30. The van der Waals surface area contributed by atoms with E-state index in [1.54, 1.807) is 29.2 Å². The molecular weight excluding hydrogens is 271 g/mol. The zero-order valence-electron chi connectivity index (χ0n) is 12.3. The molecule has 21 heavy (non-hydrogen) atoms. The van der Waals surface area contributed by atoms with E-state index < -0.39 is 6.10 Å². The molecular formula is C15H21FN4O. The molecule has 0 aliphatic rings. The lowest BCUT2D eigenvalue weighted by molar-refractivity contribution is 0.0903. The topological polar surface area (TPSA) is 67.3 Å². The van der Waals surface area contributed by atoms with E-state index in [-0.39, 0.29) is 11.9 Å². The van der Waals surface area contributed by atoms with Crippen LogP contribution in [0, 0.1) is 5.82 Å². The third kappa shape index (κ3) is 4.03. The molecule has 3 N–H and O–H groups in total. The van der Waals surface area contributed by atoms with E-state index in [1.165, 1.54) is 6.07 Å². The first-order valence-corrected chi connectivity index (χ1v) is 6.88. The number of anilines is 1. The summed E-state index contributed by atoms with van der Waals surface area (Å²) in [6, 6.07) is 6.57. The standard InChI is InChI=1S/C15H21FN4O/c1-11(14-5-3-4-6-15(14)16)19(2)9-13(21)10-20-8-12(17)7-18-20/h3-8,11,13,21H,9-10,17H2,1-2H3. The van der Waals surface area contributed by atoms with Crippen LogP contribution in [0.1, 0.15) is 18.5 Å². The largest absolute Gasteiger partial charge is 0.396 e. The summed E-state index contributed by atoms with van der Waals surface area (Å²) in [7, 11) is 1.86. The quantitative estimate of drug-likeness (QED) is 0.849. The number of benzene rings is 1. The smallest absolute Gasteiger partial charge is 0.127 e. The Balaban J connectivity index is 1.94. The maximum atomic E-state index is 13.8. The van der Waals surface area contributed by atoms with Crippen LogP contribution >= 0.6 is 0 Å². The summed E-state index contributed by atoms with van der Waals surface area (Å²) in [6.45, 7) is 2.68. The predicted octanol–water partition coefficient (Wildman–Crippen LogP) is 1.66. The van der Waals surface area contributed by atoms with Crippen LogP contribution in [0.2, 0.25) is 0 Å². The van der Waals surface area contributed by atoms with Gasteiger partial charge in [-0.15, -0.1) is 0 Å². The molecule has 2 rings (SSSR count). The first kappa shape index (κ1) is 15.5. The summed E-state index contributed by atoms with van der Waals surface area (Å²) < 4.78 is 15.4. The maximum absolute atomic E-state index is 13.8. The van der Waals surface area contributed by atoms with Gasteiger partial charge in [0.25, 0.3) is 0 Å². The van der Waals surface area contributed by atoms with Crippen molar-refractivity contribution in [3.05, 3.63) is 48.0 Å². The number of aliphatic hydroxyl groups excluding tert-OH is 1. The van der Waals surface area contributed by atoms with Crippen molar-refractivity contribution in [3.8, 4) is 0 Å². The first-order chi connectivity index (χ1) is 9.97. The zero-order chi connectivity index (χ0) is 15.4. The van der Waals surface area contributed by atoms with E-state index in [9.17, 15) is 9.50 Å². The monoisotopic (exact) mass is 292 g/mol. The number of hydrogen-bond donors (Lipinski definition) is 2. The van der Waals surface area contributed by atoms with Gasteiger partial charge in [-0.2, -0.15) is 5.10 Å². The summed E-state index contributed by atoms with van der Waals surface area (Å²) in [5.41, 5.74) is 6.77. The van der Waals surface area contributed by atoms with Crippen LogP contribution in [-0.2, 0) is 6.54 Å². The van der Waals surface area contributed by atoms with Crippen molar-refractivity contribution in [2.24, 2.45) is 0 Å². The number of nitrogens with zero attached hydrogens (tertiary/aromatic N) is 3. The summed E-state index contributed by atoms with van der Waals surface area (Å²) in [6.07, 6.45) is 2.60. The number of rotatable bonds is 6. The average molecular weight is 292 g/mol. The minimum atomic E-state index is -0.608. The average Bonchev–Trinajstić information content (AvgIpc) is 2.83. The Kier molecular flexibility index (Phi) is 4.93. The second-order valence-electron chi connectivity index (χ2n) is 5.29. The number of hydrogen-bond acceptors (Lipinski definition) is 4. The first-order valence-electron chi connectivity index (χ1n) is 6.88. The minimum absolute atomic E-state index is 0.122. The third-order valence-corrected chi connectivity index (χ3v) is 3.57. The van der Waals surface area contributed by atoms with Crippen LogP contribution in [0.4, 0.5) is 10.1 Å². The van der Waals surface area contributed by atoms with E-state index in [2.05, 4.69) is 5.10 Å². The minimum Gasteiger partial charge on any atom is -0.396 e. The molecule has 114 valence electrons. The van der Waals surface area contributed by atoms with Gasteiger partial charge in [0, 0.05) is 24.3 Å². The molecule has 0 aliphatic heterocycles. The number of aromatic nitrogens is 2. The lowest BCUT2D eigenvalue weighted by atomic mass is 10.1. The Morgan fingerprint density at radius 3 is 2.76 bits per heavy atom. The molecule has 1 aromatic carbocycles. The normalized spacial score (nSPS) is 14.3. The lowest BCUT2D eigenvalue weighted by Gasteiger charge is -2.27. The summed E-state index contributed by atoms with van der Waals surface area (Å²) in [4.78, 5) is 1.91. The Hall–Kier alpha value is -1.92. The molecule has 5 nitrogen and oxygen atoms in total. The Morgan fingerprint density at radius 1 is 1.43 bits per heavy atom. The third-order valence-electron chi connectivity index (χ3n) is 3.57. The van der Waals surface area contributed by atoms with Crippen LogP contribution < -0.4 is 5.73 Å². The van der Waals surface area contributed by atoms with Crippen molar-refractivity contribution in [1.82, 2.24) is 14.7 Å². The summed E-state index contributed by atoms with van der Waals surface area (Å²) >= 11 is 0. The van der Waals surface area contributed by atoms with Gasteiger partial charge in [-0.25, -0.2) is 4.39 Å². The van der Waals surface area contributed by atoms with Crippen molar-refractivity contribution in [3.63, 3.8) is 0 Å². The molecule has 2 aromatic rings. The van der Waals surface area contributed by atoms with Crippen molar-refractivity contribution < 1.29 is 9.50 Å². The van der Waals surface area contributed by atoms with Crippen molar-refractivity contribution in [1.29, 1.82) is 0 Å². The van der Waals surface area contributed by atoms with Gasteiger partial charge in [-0.05, 0) is 20.0 Å². The molecule has 0 spiro atoms. The number of likely N-dealkylation sites (N-methyl/N-ethyl adjacent to an activating group) is 1. The van der Waals surface area contributed by atoms with Crippen LogP contribution in [0.15, 0.2) is 36.7 Å². The molecule has 6 heteroatoms. The number of halogens is 1. The van der Waals surface area contributed by atoms with Gasteiger partial charge in [-0.1, -0.05) is 18.2 Å². The fourth-order valence-electron chi connectivity index (χ4n) is 2.29. The lowest BCUT2D eigenvalue weighted by Crippen LogP contribution is -2.34. The second kappa shape index (κ2) is 6.69. The molecule has 0 saturated carbocycles. The Bertz CT molecular complexity index is 587. The van der Waals surface area contributed by atoms with Gasteiger partial charge in [0.15, 0.2) is 0 Å². The number of nitrogens with two attached hydrogens (primary N) is 1. The van der Waals surface area contributed by atoms with Crippen LogP contribution in [0.3, 0.4) is 0 Å². The highest BCUT2D eigenvalue weighted by Crippen LogP contribution is 2.21. The highest BCUT2D eigenvalue weighted by Gasteiger charge is 2.18. The van der Waals surface area contributed by atoms with Gasteiger partial charge in [0.05, 0.1) is 24.5 Å². The fourth-order valence-corrected chi connectivity index (χ4v) is 2.29. The predicted molar refractivity (Wildman–Crippen MR) is 80.1 cm³/mol. The van der Waals surface area contributed by atoms with Crippen molar-refractivity contribution >= 4 is 5.69 Å². The van der Waals surface area contributed by atoms with E-state index in [4.69, 9.17) is 5.73 Å². The molecule has 0 bridgehead atoms. The van der Waals surface area contributed by atoms with E-state index in [0.717, 1.165) is 0 Å². The zero-order valence-corrected chi connectivity index (χ0v) is 12.3. The van der Waals surface area contributed by atoms with Crippen LogP contribution in [-0.4, -0.2) is 39.5 Å². The highest BCUT2D eigenvalue weighted by atomic mass is 19.1. The number of aliphatic hydroxyl groups is 1.